The fourth-order valence-electron chi connectivity index (χ4n) is 8.88. The number of aromatic nitrogens is 5. The fraction of sp³-hybridized carbons (Fsp3) is 0.0566. The van der Waals surface area contributed by atoms with Gasteiger partial charge in [-0.25, -0.2) is 19.8 Å². The van der Waals surface area contributed by atoms with E-state index < -0.39 is 0 Å². The Balaban J connectivity index is 1.08. The zero-order valence-corrected chi connectivity index (χ0v) is 32.3. The second-order valence-electron chi connectivity index (χ2n) is 15.6. The van der Waals surface area contributed by atoms with Gasteiger partial charge in [0.15, 0.2) is 23.2 Å². The Morgan fingerprint density at radius 2 is 0.949 bits per heavy atom. The Morgan fingerprint density at radius 1 is 0.407 bits per heavy atom. The highest BCUT2D eigenvalue weighted by Gasteiger charge is 2.35. The van der Waals surface area contributed by atoms with Gasteiger partial charge in [-0.1, -0.05) is 135 Å². The maximum absolute atomic E-state index is 7.44. The van der Waals surface area contributed by atoms with Gasteiger partial charge in [0, 0.05) is 56.4 Å². The molecule has 6 nitrogen and oxygen atoms in total. The summed E-state index contributed by atoms with van der Waals surface area (Å²) in [4.78, 5) is 28.9. The fourth-order valence-corrected chi connectivity index (χ4v) is 8.88. The Hall–Kier alpha value is -7.88. The molecular weight excluding hydrogens is 721 g/mol. The van der Waals surface area contributed by atoms with Crippen LogP contribution in [0.1, 0.15) is 25.0 Å². The molecule has 7 aromatic carbocycles. The maximum Gasteiger partial charge on any atom is 0.187 e. The molecular formula is C53H34N6. The first kappa shape index (κ1) is 34.4. The molecule has 0 fully saturated rings. The average molecular weight is 755 g/mol. The van der Waals surface area contributed by atoms with Crippen LogP contribution >= 0.6 is 0 Å². The molecule has 0 aliphatic heterocycles. The van der Waals surface area contributed by atoms with Crippen LogP contribution in [-0.2, 0) is 5.41 Å². The van der Waals surface area contributed by atoms with Crippen LogP contribution in [0.4, 0.5) is 5.69 Å². The molecule has 1 aliphatic carbocycles. The van der Waals surface area contributed by atoms with Crippen molar-refractivity contribution in [3.8, 4) is 67.5 Å². The smallest absolute Gasteiger partial charge is 0.187 e. The number of pyridine rings is 2. The van der Waals surface area contributed by atoms with E-state index >= 15 is 0 Å². The van der Waals surface area contributed by atoms with Gasteiger partial charge in [0.2, 0.25) is 0 Å². The second kappa shape index (κ2) is 13.4. The highest BCUT2D eigenvalue weighted by atomic mass is 15.0. The molecule has 3 heterocycles. The van der Waals surface area contributed by atoms with Crippen molar-refractivity contribution in [1.29, 1.82) is 0 Å². The first-order valence-electron chi connectivity index (χ1n) is 19.7. The summed E-state index contributed by atoms with van der Waals surface area (Å²) in [6.45, 7) is 12.0. The molecule has 0 bridgehead atoms. The number of nitrogens with zero attached hydrogens (tertiary/aromatic N) is 6. The molecule has 0 amide bonds. The van der Waals surface area contributed by atoms with Gasteiger partial charge in [0.25, 0.3) is 0 Å². The number of benzene rings is 7. The van der Waals surface area contributed by atoms with Crippen LogP contribution in [-0.4, -0.2) is 24.9 Å². The quantitative estimate of drug-likeness (QED) is 0.129. The number of rotatable bonds is 5. The summed E-state index contributed by atoms with van der Waals surface area (Å²) in [5, 5.41) is 4.28. The van der Waals surface area contributed by atoms with Gasteiger partial charge < -0.3 is 0 Å². The van der Waals surface area contributed by atoms with Gasteiger partial charge in [-0.3, -0.25) is 9.97 Å². The van der Waals surface area contributed by atoms with E-state index in [2.05, 4.69) is 110 Å². The zero-order chi connectivity index (χ0) is 39.7. The lowest BCUT2D eigenvalue weighted by atomic mass is 9.82. The molecule has 0 atom stereocenters. The summed E-state index contributed by atoms with van der Waals surface area (Å²) in [7, 11) is 0. The predicted octanol–water partition coefficient (Wildman–Crippen LogP) is 13.3. The summed E-state index contributed by atoms with van der Waals surface area (Å²) in [6.07, 6.45) is 3.70. The van der Waals surface area contributed by atoms with Gasteiger partial charge in [0.1, 0.15) is 0 Å². The van der Waals surface area contributed by atoms with Crippen LogP contribution in [0.15, 0.2) is 170 Å². The summed E-state index contributed by atoms with van der Waals surface area (Å²) < 4.78 is 0. The highest BCUT2D eigenvalue weighted by Crippen LogP contribution is 2.49. The van der Waals surface area contributed by atoms with E-state index in [0.29, 0.717) is 23.2 Å². The lowest BCUT2D eigenvalue weighted by Crippen LogP contribution is -2.15. The van der Waals surface area contributed by atoms with Gasteiger partial charge in [0.05, 0.1) is 17.6 Å². The van der Waals surface area contributed by atoms with E-state index in [1.165, 1.54) is 22.3 Å². The first-order valence-corrected chi connectivity index (χ1v) is 19.7. The molecule has 0 saturated carbocycles. The zero-order valence-electron chi connectivity index (χ0n) is 32.3. The first-order chi connectivity index (χ1) is 28.9. The maximum atomic E-state index is 7.44. The van der Waals surface area contributed by atoms with Crippen LogP contribution in [0.2, 0.25) is 0 Å². The van der Waals surface area contributed by atoms with Crippen molar-refractivity contribution in [2.45, 2.75) is 19.3 Å². The second-order valence-corrected chi connectivity index (χ2v) is 15.6. The molecule has 0 unspecified atom stereocenters. The van der Waals surface area contributed by atoms with E-state index in [-0.39, 0.29) is 5.41 Å². The molecule has 0 N–H and O–H groups in total. The van der Waals surface area contributed by atoms with E-state index in [1.54, 1.807) is 0 Å². The molecule has 1 aliphatic rings. The molecule has 11 rings (SSSR count). The van der Waals surface area contributed by atoms with Crippen molar-refractivity contribution in [2.75, 3.05) is 0 Å². The normalized spacial score (nSPS) is 12.7. The Morgan fingerprint density at radius 3 is 1.63 bits per heavy atom. The third-order valence-corrected chi connectivity index (χ3v) is 11.8. The highest BCUT2D eigenvalue weighted by molar-refractivity contribution is 6.22. The minimum absolute atomic E-state index is 0.154. The van der Waals surface area contributed by atoms with Crippen LogP contribution in [0.5, 0.6) is 0 Å². The average Bonchev–Trinajstić information content (AvgIpc) is 3.53. The summed E-state index contributed by atoms with van der Waals surface area (Å²) >= 11 is 0. The third-order valence-electron chi connectivity index (χ3n) is 11.8. The molecule has 276 valence electrons. The number of fused-ring (bicyclic) bond motifs is 8. The van der Waals surface area contributed by atoms with Crippen molar-refractivity contribution < 1.29 is 0 Å². The van der Waals surface area contributed by atoms with Crippen molar-refractivity contribution in [1.82, 2.24) is 24.9 Å². The molecule has 0 saturated heterocycles. The molecule has 6 heteroatoms. The molecule has 59 heavy (non-hydrogen) atoms. The summed E-state index contributed by atoms with van der Waals surface area (Å²) in [5.41, 5.74) is 14.2. The topological polar surface area (TPSA) is 68.8 Å². The lowest BCUT2D eigenvalue weighted by molar-refractivity contribution is 0.660. The van der Waals surface area contributed by atoms with E-state index in [0.717, 1.165) is 71.5 Å². The van der Waals surface area contributed by atoms with E-state index in [9.17, 15) is 0 Å². The Labute approximate surface area is 341 Å². The lowest BCUT2D eigenvalue weighted by Gasteiger charge is -2.21. The van der Waals surface area contributed by atoms with Gasteiger partial charge in [-0.2, -0.15) is 0 Å². The summed E-state index contributed by atoms with van der Waals surface area (Å²) in [6, 6.07) is 54.3. The van der Waals surface area contributed by atoms with Crippen molar-refractivity contribution >= 4 is 38.3 Å². The monoisotopic (exact) mass is 754 g/mol. The minimum atomic E-state index is -0.154. The van der Waals surface area contributed by atoms with Gasteiger partial charge in [-0.15, -0.1) is 0 Å². The van der Waals surface area contributed by atoms with Gasteiger partial charge >= 0.3 is 0 Å². The van der Waals surface area contributed by atoms with Crippen LogP contribution in [0.3, 0.4) is 0 Å². The van der Waals surface area contributed by atoms with Crippen molar-refractivity contribution in [2.24, 2.45) is 0 Å². The summed E-state index contributed by atoms with van der Waals surface area (Å²) in [5.74, 6) is 1.85. The molecule has 10 aromatic rings. The van der Waals surface area contributed by atoms with Crippen molar-refractivity contribution in [3.63, 3.8) is 0 Å². The number of hydrogen-bond acceptors (Lipinski definition) is 5. The predicted molar refractivity (Wildman–Crippen MR) is 239 cm³/mol. The molecule has 0 radical (unpaired) electrons. The standard InChI is InChI=1S/C53H34N6/c1-53(2)46-19-8-7-16-38(46)39-25-22-36(29-47(39)53)52-58-50(33-12-5-4-6-13-33)57-51(59-52)35-15-9-14-34(28-35)43-31-45-40-17-10-26-55-48(40)42(32-20-23-37(54-3)24-21-32)30-44(45)41-18-11-27-56-49(41)43/h4-31H,1-2H3. The van der Waals surface area contributed by atoms with Gasteiger partial charge in [-0.05, 0) is 80.6 Å². The van der Waals surface area contributed by atoms with Crippen LogP contribution in [0, 0.1) is 6.57 Å². The number of hydrogen-bond donors (Lipinski definition) is 0. The Kier molecular flexibility index (Phi) is 7.79. The molecule has 3 aromatic heterocycles. The van der Waals surface area contributed by atoms with Crippen LogP contribution in [0.25, 0.3) is 105 Å². The van der Waals surface area contributed by atoms with E-state index in [4.69, 9.17) is 31.5 Å². The molecule has 0 spiro atoms. The minimum Gasteiger partial charge on any atom is -0.256 e. The van der Waals surface area contributed by atoms with E-state index in [1.807, 2.05) is 79.1 Å². The third kappa shape index (κ3) is 5.59. The SMILES string of the molecule is [C-]#[N+]c1ccc(-c2cc3c4cccnc4c(-c4cccc(-c5nc(-c6ccccc6)nc(-c6ccc7c(c6)C(C)(C)c6ccccc6-7)n5)c4)cc3c3cccnc23)cc1. The van der Waals surface area contributed by atoms with Crippen LogP contribution < -0.4 is 0 Å². The largest absolute Gasteiger partial charge is 0.256 e. The van der Waals surface area contributed by atoms with Crippen molar-refractivity contribution in [3.05, 3.63) is 193 Å². The Bertz CT molecular complexity index is 3360.